The Morgan fingerprint density at radius 2 is 1.74 bits per heavy atom. The molecule has 2 bridgehead atoms. The van der Waals surface area contributed by atoms with Gasteiger partial charge in [-0.05, 0) is 42.7 Å². The van der Waals surface area contributed by atoms with E-state index in [1.54, 1.807) is 6.07 Å². The van der Waals surface area contributed by atoms with Crippen LogP contribution in [0, 0.1) is 11.7 Å². The second-order valence-corrected chi connectivity index (χ2v) is 11.3. The summed E-state index contributed by atoms with van der Waals surface area (Å²) in [6.45, 7) is 3.46. The zero-order valence-corrected chi connectivity index (χ0v) is 22.4. The highest BCUT2D eigenvalue weighted by molar-refractivity contribution is 5.83. The Kier molecular flexibility index (Phi) is 7.87. The summed E-state index contributed by atoms with van der Waals surface area (Å²) in [6.07, 6.45) is 7.46. The van der Waals surface area contributed by atoms with Crippen molar-refractivity contribution in [2.45, 2.75) is 69.4 Å². The van der Waals surface area contributed by atoms with Crippen LogP contribution in [0.2, 0.25) is 0 Å². The molecule has 7 rings (SSSR count). The van der Waals surface area contributed by atoms with Crippen LogP contribution in [-0.4, -0.2) is 46.4 Å². The average Bonchev–Trinajstić information content (AvgIpc) is 3.23. The van der Waals surface area contributed by atoms with Crippen LogP contribution >= 0.6 is 0 Å². The number of aromatic nitrogens is 2. The normalized spacial score (nSPS) is 26.2. The predicted molar refractivity (Wildman–Crippen MR) is 137 cm³/mol. The molecule has 4 fully saturated rings. The molecule has 3 aromatic rings. The Balaban J connectivity index is 0.00000294. The van der Waals surface area contributed by atoms with E-state index >= 15 is 0 Å². The van der Waals surface area contributed by atoms with E-state index in [2.05, 4.69) is 10.2 Å². The summed E-state index contributed by atoms with van der Waals surface area (Å²) >= 11 is 0. The van der Waals surface area contributed by atoms with Gasteiger partial charge in [-0.25, -0.2) is 4.39 Å². The van der Waals surface area contributed by atoms with E-state index in [9.17, 15) is 9.18 Å². The third kappa shape index (κ3) is 5.23. The molecule has 4 aliphatic rings. The number of quaternary nitrogens is 1. The van der Waals surface area contributed by atoms with E-state index in [0.717, 1.165) is 86.6 Å². The van der Waals surface area contributed by atoms with Gasteiger partial charge >= 0.3 is 5.97 Å². The number of halogens is 2. The van der Waals surface area contributed by atoms with Crippen molar-refractivity contribution in [3.63, 3.8) is 0 Å². The third-order valence-electron chi connectivity index (χ3n) is 8.98. The van der Waals surface area contributed by atoms with Crippen molar-refractivity contribution in [3.8, 4) is 11.5 Å². The Morgan fingerprint density at radius 1 is 1.00 bits per heavy atom. The molecule has 1 saturated carbocycles. The second-order valence-electron chi connectivity index (χ2n) is 11.3. The van der Waals surface area contributed by atoms with Gasteiger partial charge in [-0.15, -0.1) is 10.2 Å². The number of ether oxygens (including phenoxy) is 1. The molecule has 202 valence electrons. The van der Waals surface area contributed by atoms with Gasteiger partial charge in [0, 0.05) is 24.3 Å². The zero-order valence-electron chi connectivity index (χ0n) is 21.7. The molecule has 38 heavy (non-hydrogen) atoms. The number of carbonyl (C=O) groups is 1. The first-order valence-electron chi connectivity index (χ1n) is 13.8. The van der Waals surface area contributed by atoms with Crippen molar-refractivity contribution in [1.82, 2.24) is 10.2 Å². The average molecular weight is 540 g/mol. The minimum Gasteiger partial charge on any atom is -1.00 e. The summed E-state index contributed by atoms with van der Waals surface area (Å²) in [5.41, 5.74) is 0.923. The Hall–Kier alpha value is -2.77. The fourth-order valence-electron chi connectivity index (χ4n) is 6.86. The zero-order chi connectivity index (χ0) is 25.3. The lowest BCUT2D eigenvalue weighted by molar-refractivity contribution is -0.959. The summed E-state index contributed by atoms with van der Waals surface area (Å²) in [5, 5.41) is 8.62. The van der Waals surface area contributed by atoms with Crippen molar-refractivity contribution in [2.75, 3.05) is 19.6 Å². The van der Waals surface area contributed by atoms with Gasteiger partial charge in [0.1, 0.15) is 12.4 Å². The summed E-state index contributed by atoms with van der Waals surface area (Å²) in [6, 6.07) is 16.4. The lowest BCUT2D eigenvalue weighted by atomic mass is 9.74. The molecular formula is C30H35ClFN3O3. The molecule has 0 N–H and O–H groups in total. The van der Waals surface area contributed by atoms with E-state index < -0.39 is 5.41 Å². The molecule has 2 aromatic carbocycles. The highest BCUT2D eigenvalue weighted by Crippen LogP contribution is 2.43. The maximum atomic E-state index is 14.2. The predicted octanol–water partition coefficient (Wildman–Crippen LogP) is 2.82. The van der Waals surface area contributed by atoms with Crippen molar-refractivity contribution in [1.29, 1.82) is 0 Å². The molecule has 8 heteroatoms. The largest absolute Gasteiger partial charge is 1.00 e. The molecule has 1 aliphatic carbocycles. The standard InChI is InChI=1S/C30H35FN3O3.ClH/c31-25-12-8-11-24(19-25)30(15-6-1-2-7-16-30)29(35)36-26-20-34(17-13-22(26)14-18-34)21-27-32-33-28(37-27)23-9-4-3-5-10-23;/h3-5,8-12,19,22,26H,1-2,6-7,13-18,20-21H2;1H/q+1;/p-1. The highest BCUT2D eigenvalue weighted by atomic mass is 35.5. The topological polar surface area (TPSA) is 65.2 Å². The van der Waals surface area contributed by atoms with Crippen LogP contribution in [0.4, 0.5) is 4.39 Å². The molecule has 0 spiro atoms. The Morgan fingerprint density at radius 3 is 2.45 bits per heavy atom. The molecule has 0 radical (unpaired) electrons. The van der Waals surface area contributed by atoms with Gasteiger partial charge in [0.15, 0.2) is 12.6 Å². The number of rotatable bonds is 6. The quantitative estimate of drug-likeness (QED) is 0.274. The number of nitrogens with zero attached hydrogens (tertiary/aromatic N) is 3. The van der Waals surface area contributed by atoms with Crippen LogP contribution < -0.4 is 12.4 Å². The molecule has 1 atom stereocenters. The van der Waals surface area contributed by atoms with Crippen molar-refractivity contribution >= 4 is 5.97 Å². The van der Waals surface area contributed by atoms with Gasteiger partial charge in [-0.3, -0.25) is 4.79 Å². The molecule has 1 unspecified atom stereocenters. The monoisotopic (exact) mass is 539 g/mol. The highest BCUT2D eigenvalue weighted by Gasteiger charge is 2.51. The van der Waals surface area contributed by atoms with E-state index in [4.69, 9.17) is 9.15 Å². The smallest absolute Gasteiger partial charge is 0.317 e. The lowest BCUT2D eigenvalue weighted by Crippen LogP contribution is -3.00. The van der Waals surface area contributed by atoms with Crippen molar-refractivity contribution in [3.05, 3.63) is 71.9 Å². The fraction of sp³-hybridized carbons (Fsp3) is 0.500. The molecule has 3 aliphatic heterocycles. The van der Waals surface area contributed by atoms with E-state index in [-0.39, 0.29) is 30.3 Å². The molecule has 1 aromatic heterocycles. The first-order chi connectivity index (χ1) is 18.1. The summed E-state index contributed by atoms with van der Waals surface area (Å²) in [4.78, 5) is 14.0. The number of carbonyl (C=O) groups excluding carboxylic acids is 1. The van der Waals surface area contributed by atoms with E-state index in [0.29, 0.717) is 24.2 Å². The van der Waals surface area contributed by atoms with Crippen LogP contribution in [0.5, 0.6) is 0 Å². The van der Waals surface area contributed by atoms with E-state index in [1.807, 2.05) is 36.4 Å². The Bertz CT molecular complexity index is 1230. The van der Waals surface area contributed by atoms with Crippen molar-refractivity contribution in [2.24, 2.45) is 5.92 Å². The van der Waals surface area contributed by atoms with E-state index in [1.165, 1.54) is 12.1 Å². The van der Waals surface area contributed by atoms with Crippen LogP contribution in [0.3, 0.4) is 0 Å². The summed E-state index contributed by atoms with van der Waals surface area (Å²) in [5.74, 6) is 1.08. The number of benzene rings is 2. The van der Waals surface area contributed by atoms with Crippen LogP contribution in [0.1, 0.15) is 62.8 Å². The minimum absolute atomic E-state index is 0. The molecule has 3 saturated heterocycles. The molecular weight excluding hydrogens is 505 g/mol. The SMILES string of the molecule is O=C(OC1C[N+]2(Cc3nnc(-c4ccccc4)o3)CCC1CC2)C1(c2cccc(F)c2)CCCCCC1.[Cl-]. The first kappa shape index (κ1) is 26.8. The number of hydrogen-bond acceptors (Lipinski definition) is 5. The van der Waals surface area contributed by atoms with Crippen molar-refractivity contribution < 1.29 is 35.2 Å². The fourth-order valence-corrected chi connectivity index (χ4v) is 6.86. The second kappa shape index (κ2) is 11.1. The van der Waals surface area contributed by atoms with Gasteiger partial charge in [0.25, 0.3) is 5.89 Å². The summed E-state index contributed by atoms with van der Waals surface area (Å²) in [7, 11) is 0. The van der Waals surface area contributed by atoms with Gasteiger partial charge in [0.2, 0.25) is 5.89 Å². The minimum atomic E-state index is -0.757. The maximum Gasteiger partial charge on any atom is 0.317 e. The number of hydrogen-bond donors (Lipinski definition) is 0. The Labute approximate surface area is 229 Å². The lowest BCUT2D eigenvalue weighted by Gasteiger charge is -2.51. The van der Waals surface area contributed by atoms with Crippen LogP contribution in [0.25, 0.3) is 11.5 Å². The maximum absolute atomic E-state index is 14.2. The molecule has 4 heterocycles. The number of esters is 1. The van der Waals surface area contributed by atoms with Crippen LogP contribution in [0.15, 0.2) is 59.0 Å². The van der Waals surface area contributed by atoms with Gasteiger partial charge < -0.3 is 26.0 Å². The van der Waals surface area contributed by atoms with Gasteiger partial charge in [-0.1, -0.05) is 56.0 Å². The molecule has 0 amide bonds. The number of fused-ring (bicyclic) bond motifs is 3. The number of piperidine rings is 3. The third-order valence-corrected chi connectivity index (χ3v) is 8.98. The molecule has 6 nitrogen and oxygen atoms in total. The summed E-state index contributed by atoms with van der Waals surface area (Å²) < 4.78 is 27.5. The van der Waals surface area contributed by atoms with Gasteiger partial charge in [-0.2, -0.15) is 0 Å². The van der Waals surface area contributed by atoms with Gasteiger partial charge in [0.05, 0.1) is 18.5 Å². The first-order valence-corrected chi connectivity index (χ1v) is 13.8. The van der Waals surface area contributed by atoms with Crippen LogP contribution in [-0.2, 0) is 21.5 Å².